The summed E-state index contributed by atoms with van der Waals surface area (Å²) in [5.74, 6) is 5.76. The second kappa shape index (κ2) is 9.15. The van der Waals surface area contributed by atoms with E-state index in [-0.39, 0.29) is 5.91 Å². The molecule has 1 amide bonds. The molecule has 0 heterocycles. The quantitative estimate of drug-likeness (QED) is 0.534. The molecular formula is C15H21N3O. The Kier molecular flexibility index (Phi) is 7.33. The lowest BCUT2D eigenvalue weighted by molar-refractivity contribution is -0.116. The maximum atomic E-state index is 11.6. The number of unbranched alkanes of at least 4 members (excludes halogenated alkanes) is 2. The van der Waals surface area contributed by atoms with Gasteiger partial charge in [0.2, 0.25) is 5.91 Å². The van der Waals surface area contributed by atoms with E-state index in [0.717, 1.165) is 30.5 Å². The van der Waals surface area contributed by atoms with E-state index < -0.39 is 0 Å². The van der Waals surface area contributed by atoms with Crippen molar-refractivity contribution >= 4 is 11.6 Å². The molecule has 0 saturated heterocycles. The molecule has 0 atom stereocenters. The molecule has 1 rings (SSSR count). The van der Waals surface area contributed by atoms with Gasteiger partial charge in [-0.2, -0.15) is 0 Å². The lowest BCUT2D eigenvalue weighted by Gasteiger charge is -2.05. The van der Waals surface area contributed by atoms with Gasteiger partial charge in [0.1, 0.15) is 0 Å². The van der Waals surface area contributed by atoms with Crippen molar-refractivity contribution in [3.8, 4) is 11.8 Å². The van der Waals surface area contributed by atoms with Crippen LogP contribution in [0.25, 0.3) is 0 Å². The summed E-state index contributed by atoms with van der Waals surface area (Å²) in [7, 11) is 0. The predicted molar refractivity (Wildman–Crippen MR) is 78.5 cm³/mol. The fourth-order valence-corrected chi connectivity index (χ4v) is 1.62. The van der Waals surface area contributed by atoms with Crippen LogP contribution in [0.4, 0.5) is 5.69 Å². The summed E-state index contributed by atoms with van der Waals surface area (Å²) in [5.41, 5.74) is 12.4. The molecule has 4 nitrogen and oxygen atoms in total. The van der Waals surface area contributed by atoms with Crippen molar-refractivity contribution in [2.24, 2.45) is 11.5 Å². The van der Waals surface area contributed by atoms with Gasteiger partial charge in [-0.1, -0.05) is 18.3 Å². The van der Waals surface area contributed by atoms with Crippen LogP contribution in [0.3, 0.4) is 0 Å². The van der Waals surface area contributed by atoms with Crippen LogP contribution in [-0.2, 0) is 4.79 Å². The Labute approximate surface area is 114 Å². The van der Waals surface area contributed by atoms with Crippen molar-refractivity contribution in [2.45, 2.75) is 25.7 Å². The lowest BCUT2D eigenvalue weighted by atomic mass is 10.1. The van der Waals surface area contributed by atoms with E-state index >= 15 is 0 Å². The summed E-state index contributed by atoms with van der Waals surface area (Å²) < 4.78 is 0. The topological polar surface area (TPSA) is 81.1 Å². The predicted octanol–water partition coefficient (Wildman–Crippen LogP) is 1.45. The molecule has 5 N–H and O–H groups in total. The van der Waals surface area contributed by atoms with E-state index in [1.165, 1.54) is 0 Å². The molecule has 102 valence electrons. The number of hydrogen-bond acceptors (Lipinski definition) is 3. The maximum Gasteiger partial charge on any atom is 0.224 e. The highest BCUT2D eigenvalue weighted by Gasteiger charge is 2.01. The minimum Gasteiger partial charge on any atom is -0.330 e. The van der Waals surface area contributed by atoms with E-state index in [9.17, 15) is 4.79 Å². The first-order valence-electron chi connectivity index (χ1n) is 6.55. The van der Waals surface area contributed by atoms with Crippen LogP contribution in [0.2, 0.25) is 0 Å². The molecule has 0 radical (unpaired) electrons. The van der Waals surface area contributed by atoms with Gasteiger partial charge in [-0.15, -0.1) is 0 Å². The van der Waals surface area contributed by atoms with Crippen LogP contribution >= 0.6 is 0 Å². The molecule has 0 bridgehead atoms. The molecule has 0 spiro atoms. The number of amides is 1. The SMILES string of the molecule is NCC#Cc1ccc(NC(=O)CCCCCN)cc1. The van der Waals surface area contributed by atoms with Gasteiger partial charge >= 0.3 is 0 Å². The number of benzene rings is 1. The van der Waals surface area contributed by atoms with Gasteiger partial charge < -0.3 is 16.8 Å². The summed E-state index contributed by atoms with van der Waals surface area (Å²) in [4.78, 5) is 11.6. The van der Waals surface area contributed by atoms with Crippen molar-refractivity contribution in [2.75, 3.05) is 18.4 Å². The van der Waals surface area contributed by atoms with E-state index in [0.29, 0.717) is 19.5 Å². The molecule has 0 unspecified atom stereocenters. The lowest BCUT2D eigenvalue weighted by Crippen LogP contribution is -2.11. The highest BCUT2D eigenvalue weighted by molar-refractivity contribution is 5.90. The summed E-state index contributed by atoms with van der Waals surface area (Å²) in [6.07, 6.45) is 3.39. The molecule has 0 aliphatic heterocycles. The fraction of sp³-hybridized carbons (Fsp3) is 0.400. The average molecular weight is 259 g/mol. The molecule has 1 aromatic carbocycles. The Morgan fingerprint density at radius 1 is 1.11 bits per heavy atom. The third kappa shape index (κ3) is 6.61. The summed E-state index contributed by atoms with van der Waals surface area (Å²) in [5, 5.41) is 2.86. The number of rotatable bonds is 6. The molecule has 0 aliphatic carbocycles. The molecular weight excluding hydrogens is 238 g/mol. The van der Waals surface area contributed by atoms with E-state index in [1.54, 1.807) is 0 Å². The van der Waals surface area contributed by atoms with Gasteiger partial charge in [-0.3, -0.25) is 4.79 Å². The second-order valence-electron chi connectivity index (χ2n) is 4.23. The summed E-state index contributed by atoms with van der Waals surface area (Å²) in [6, 6.07) is 7.43. The van der Waals surface area contributed by atoms with Gasteiger partial charge in [-0.25, -0.2) is 0 Å². The Bertz CT molecular complexity index is 443. The molecule has 0 aliphatic rings. The fourth-order valence-electron chi connectivity index (χ4n) is 1.62. The van der Waals surface area contributed by atoms with Crippen molar-refractivity contribution in [1.82, 2.24) is 0 Å². The second-order valence-corrected chi connectivity index (χ2v) is 4.23. The zero-order valence-electron chi connectivity index (χ0n) is 11.1. The zero-order valence-corrected chi connectivity index (χ0v) is 11.1. The minimum atomic E-state index is 0.0396. The third-order valence-electron chi connectivity index (χ3n) is 2.61. The largest absolute Gasteiger partial charge is 0.330 e. The number of carbonyl (C=O) groups excluding carboxylic acids is 1. The number of carbonyl (C=O) groups is 1. The highest BCUT2D eigenvalue weighted by Crippen LogP contribution is 2.10. The first-order valence-corrected chi connectivity index (χ1v) is 6.55. The van der Waals surface area contributed by atoms with Crippen molar-refractivity contribution in [3.63, 3.8) is 0 Å². The number of nitrogens with two attached hydrogens (primary N) is 2. The third-order valence-corrected chi connectivity index (χ3v) is 2.61. The Morgan fingerprint density at radius 3 is 2.47 bits per heavy atom. The Balaban J connectivity index is 2.38. The molecule has 0 aromatic heterocycles. The molecule has 0 fully saturated rings. The van der Waals surface area contributed by atoms with Crippen LogP contribution in [0.15, 0.2) is 24.3 Å². The van der Waals surface area contributed by atoms with Crippen molar-refractivity contribution in [3.05, 3.63) is 29.8 Å². The number of anilines is 1. The number of hydrogen-bond donors (Lipinski definition) is 3. The van der Waals surface area contributed by atoms with Crippen LogP contribution in [0.5, 0.6) is 0 Å². The van der Waals surface area contributed by atoms with Crippen LogP contribution in [-0.4, -0.2) is 19.0 Å². The first-order chi connectivity index (χ1) is 9.26. The van der Waals surface area contributed by atoms with Gasteiger partial charge in [0.25, 0.3) is 0 Å². The van der Waals surface area contributed by atoms with Gasteiger partial charge in [-0.05, 0) is 43.7 Å². The molecule has 1 aromatic rings. The van der Waals surface area contributed by atoms with Gasteiger partial charge in [0.15, 0.2) is 0 Å². The average Bonchev–Trinajstić information content (AvgIpc) is 2.43. The van der Waals surface area contributed by atoms with Crippen LogP contribution in [0, 0.1) is 11.8 Å². The maximum absolute atomic E-state index is 11.6. The minimum absolute atomic E-state index is 0.0396. The van der Waals surface area contributed by atoms with Crippen LogP contribution < -0.4 is 16.8 Å². The van der Waals surface area contributed by atoms with Gasteiger partial charge in [0, 0.05) is 17.7 Å². The molecule has 0 saturated carbocycles. The van der Waals surface area contributed by atoms with Crippen LogP contribution in [0.1, 0.15) is 31.2 Å². The normalized spacial score (nSPS) is 9.58. The van der Waals surface area contributed by atoms with E-state index in [1.807, 2.05) is 24.3 Å². The summed E-state index contributed by atoms with van der Waals surface area (Å²) >= 11 is 0. The van der Waals surface area contributed by atoms with E-state index in [4.69, 9.17) is 11.5 Å². The van der Waals surface area contributed by atoms with E-state index in [2.05, 4.69) is 17.2 Å². The number of nitrogens with one attached hydrogen (secondary N) is 1. The van der Waals surface area contributed by atoms with Crippen molar-refractivity contribution < 1.29 is 4.79 Å². The Hall–Kier alpha value is -1.83. The highest BCUT2D eigenvalue weighted by atomic mass is 16.1. The monoisotopic (exact) mass is 259 g/mol. The smallest absolute Gasteiger partial charge is 0.224 e. The first kappa shape index (κ1) is 15.2. The zero-order chi connectivity index (χ0) is 13.9. The molecule has 19 heavy (non-hydrogen) atoms. The van der Waals surface area contributed by atoms with Gasteiger partial charge in [0.05, 0.1) is 6.54 Å². The Morgan fingerprint density at radius 2 is 1.84 bits per heavy atom. The molecule has 4 heteroatoms. The van der Waals surface area contributed by atoms with Crippen molar-refractivity contribution in [1.29, 1.82) is 0 Å². The summed E-state index contributed by atoms with van der Waals surface area (Å²) in [6.45, 7) is 1.04. The standard InChI is InChI=1S/C15H21N3O/c16-11-3-1-2-6-15(19)18-14-9-7-13(8-10-14)5-4-12-17/h7-10H,1-3,6,11-12,16-17H2,(H,18,19).